The molecular weight excluding hydrogens is 362 g/mol. The molecule has 0 radical (unpaired) electrons. The van der Waals surface area contributed by atoms with Crippen molar-refractivity contribution in [2.45, 2.75) is 40.0 Å². The maximum Gasteiger partial charge on any atom is 0.258 e. The number of aryl methyl sites for hydroxylation is 1. The van der Waals surface area contributed by atoms with E-state index < -0.39 is 6.10 Å². The monoisotopic (exact) mass is 387 g/mol. The van der Waals surface area contributed by atoms with Crippen LogP contribution in [0.15, 0.2) is 60.8 Å². The van der Waals surface area contributed by atoms with Crippen LogP contribution in [0.2, 0.25) is 0 Å². The summed E-state index contributed by atoms with van der Waals surface area (Å²) in [4.78, 5) is 0. The van der Waals surface area contributed by atoms with E-state index in [1.807, 2.05) is 42.5 Å². The van der Waals surface area contributed by atoms with Crippen molar-refractivity contribution in [1.29, 1.82) is 0 Å². The lowest BCUT2D eigenvalue weighted by Crippen LogP contribution is -2.07. The maximum atomic E-state index is 10.0. The number of aliphatic hydroxyl groups excluding tert-OH is 1. The molecule has 2 aromatic heterocycles. The average Bonchev–Trinajstić information content (AvgIpc) is 2.98. The molecule has 148 valence electrons. The van der Waals surface area contributed by atoms with Crippen LogP contribution in [-0.2, 0) is 13.2 Å². The molecule has 5 nitrogen and oxygen atoms in total. The van der Waals surface area contributed by atoms with Crippen molar-refractivity contribution in [3.63, 3.8) is 0 Å². The van der Waals surface area contributed by atoms with Gasteiger partial charge in [-0.05, 0) is 43.0 Å². The van der Waals surface area contributed by atoms with Gasteiger partial charge in [0.15, 0.2) is 0 Å². The van der Waals surface area contributed by atoms with Gasteiger partial charge >= 0.3 is 0 Å². The quantitative estimate of drug-likeness (QED) is 0.520. The Bertz CT molecular complexity index is 1130. The van der Waals surface area contributed by atoms with E-state index in [9.17, 15) is 5.11 Å². The summed E-state index contributed by atoms with van der Waals surface area (Å²) in [5, 5.41) is 19.5. The number of nitrogens with zero attached hydrogens (tertiary/aromatic N) is 3. The Labute approximate surface area is 170 Å². The first-order valence-electron chi connectivity index (χ1n) is 9.80. The number of benzene rings is 2. The molecule has 2 aromatic carbocycles. The number of rotatable bonds is 6. The van der Waals surface area contributed by atoms with Crippen LogP contribution in [0, 0.1) is 13.8 Å². The molecule has 0 saturated heterocycles. The predicted octanol–water partition coefficient (Wildman–Crippen LogP) is 4.73. The molecule has 0 aliphatic carbocycles. The highest BCUT2D eigenvalue weighted by atomic mass is 16.5. The van der Waals surface area contributed by atoms with Crippen molar-refractivity contribution in [2.75, 3.05) is 0 Å². The molecule has 0 bridgehead atoms. The molecule has 0 aliphatic rings. The molecule has 0 aliphatic heterocycles. The molecule has 0 fully saturated rings. The fraction of sp³-hybridized carbons (Fsp3) is 0.250. The number of hydrogen-bond donors (Lipinski definition) is 1. The Morgan fingerprint density at radius 3 is 2.52 bits per heavy atom. The second kappa shape index (κ2) is 8.05. The zero-order chi connectivity index (χ0) is 20.4. The lowest BCUT2D eigenvalue weighted by molar-refractivity contribution is 0.194. The predicted molar refractivity (Wildman–Crippen MR) is 114 cm³/mol. The van der Waals surface area contributed by atoms with Gasteiger partial charge in [-0.3, -0.25) is 0 Å². The van der Waals surface area contributed by atoms with E-state index in [2.05, 4.69) is 40.7 Å². The number of hydrogen-bond acceptors (Lipinski definition) is 4. The van der Waals surface area contributed by atoms with Crippen LogP contribution < -0.4 is 4.74 Å². The highest BCUT2D eigenvalue weighted by Gasteiger charge is 2.18. The van der Waals surface area contributed by atoms with Crippen molar-refractivity contribution >= 4 is 10.9 Å². The number of fused-ring (bicyclic) bond motifs is 1. The van der Waals surface area contributed by atoms with Gasteiger partial charge in [0.25, 0.3) is 5.88 Å². The largest absolute Gasteiger partial charge is 0.470 e. The van der Waals surface area contributed by atoms with E-state index >= 15 is 0 Å². The zero-order valence-electron chi connectivity index (χ0n) is 17.0. The fourth-order valence-corrected chi connectivity index (χ4v) is 3.74. The smallest absolute Gasteiger partial charge is 0.258 e. The van der Waals surface area contributed by atoms with Crippen molar-refractivity contribution in [3.05, 3.63) is 88.7 Å². The Kier molecular flexibility index (Phi) is 5.32. The van der Waals surface area contributed by atoms with Crippen molar-refractivity contribution < 1.29 is 9.84 Å². The molecule has 1 N–H and O–H groups in total. The first kappa shape index (κ1) is 19.2. The first-order chi connectivity index (χ1) is 14.1. The van der Waals surface area contributed by atoms with E-state index in [-0.39, 0.29) is 0 Å². The standard InChI is InChI=1S/C24H25N3O2/c1-16-17(2)27(14-19-9-5-4-6-10-19)23-22(16)13-25-26-24(23)29-15-20-11-7-8-12-21(20)18(3)28/h4-13,18,28H,14-15H2,1-3H3. The highest BCUT2D eigenvalue weighted by Crippen LogP contribution is 2.31. The van der Waals surface area contributed by atoms with Crippen molar-refractivity contribution in [1.82, 2.24) is 14.8 Å². The number of aliphatic hydroxyl groups is 1. The Morgan fingerprint density at radius 1 is 1.03 bits per heavy atom. The van der Waals surface area contributed by atoms with Crippen LogP contribution in [0.1, 0.15) is 41.0 Å². The van der Waals surface area contributed by atoms with Gasteiger partial charge in [0.2, 0.25) is 0 Å². The van der Waals surface area contributed by atoms with E-state index in [1.165, 1.54) is 16.8 Å². The average molecular weight is 387 g/mol. The minimum absolute atomic E-state index is 0.323. The van der Waals surface area contributed by atoms with E-state index in [4.69, 9.17) is 4.74 Å². The Morgan fingerprint density at radius 2 is 1.76 bits per heavy atom. The third kappa shape index (κ3) is 3.74. The summed E-state index contributed by atoms with van der Waals surface area (Å²) in [6.45, 7) is 7.04. The van der Waals surface area contributed by atoms with Gasteiger partial charge < -0.3 is 14.4 Å². The summed E-state index contributed by atoms with van der Waals surface area (Å²) in [6, 6.07) is 18.1. The lowest BCUT2D eigenvalue weighted by Gasteiger charge is -2.14. The van der Waals surface area contributed by atoms with Gasteiger partial charge in [0.1, 0.15) is 12.1 Å². The molecule has 29 heavy (non-hydrogen) atoms. The number of aromatic nitrogens is 3. The summed E-state index contributed by atoms with van der Waals surface area (Å²) < 4.78 is 8.38. The van der Waals surface area contributed by atoms with Crippen LogP contribution in [0.25, 0.3) is 10.9 Å². The minimum Gasteiger partial charge on any atom is -0.470 e. The molecule has 0 spiro atoms. The van der Waals surface area contributed by atoms with Gasteiger partial charge in [-0.25, -0.2) is 0 Å². The summed E-state index contributed by atoms with van der Waals surface area (Å²) in [5.74, 6) is 0.509. The van der Waals surface area contributed by atoms with Gasteiger partial charge in [-0.15, -0.1) is 5.10 Å². The zero-order valence-corrected chi connectivity index (χ0v) is 17.0. The third-order valence-electron chi connectivity index (χ3n) is 5.47. The molecular formula is C24H25N3O2. The summed E-state index contributed by atoms with van der Waals surface area (Å²) in [6.07, 6.45) is 1.25. The number of ether oxygens (including phenoxy) is 1. The molecule has 0 amide bonds. The summed E-state index contributed by atoms with van der Waals surface area (Å²) >= 11 is 0. The normalized spacial score (nSPS) is 12.3. The molecule has 4 rings (SSSR count). The van der Waals surface area contributed by atoms with Crippen molar-refractivity contribution in [2.24, 2.45) is 0 Å². The second-order valence-corrected chi connectivity index (χ2v) is 7.36. The van der Waals surface area contributed by atoms with Crippen LogP contribution in [0.4, 0.5) is 0 Å². The SMILES string of the molecule is Cc1c(C)n(Cc2ccccc2)c2c(OCc3ccccc3C(C)O)nncc12. The lowest BCUT2D eigenvalue weighted by atomic mass is 10.0. The van der Waals surface area contributed by atoms with E-state index in [1.54, 1.807) is 13.1 Å². The van der Waals surface area contributed by atoms with Crippen LogP contribution in [0.5, 0.6) is 5.88 Å². The molecule has 2 heterocycles. The molecule has 1 atom stereocenters. The summed E-state index contributed by atoms with van der Waals surface area (Å²) in [5.41, 5.74) is 6.33. The van der Waals surface area contributed by atoms with Gasteiger partial charge in [0.05, 0.1) is 12.3 Å². The molecule has 5 heteroatoms. The second-order valence-electron chi connectivity index (χ2n) is 7.36. The van der Waals surface area contributed by atoms with Crippen LogP contribution in [0.3, 0.4) is 0 Å². The highest BCUT2D eigenvalue weighted by molar-refractivity contribution is 5.88. The molecule has 1 unspecified atom stereocenters. The fourth-order valence-electron chi connectivity index (χ4n) is 3.74. The van der Waals surface area contributed by atoms with Crippen LogP contribution in [-0.4, -0.2) is 19.9 Å². The van der Waals surface area contributed by atoms with Gasteiger partial charge in [-0.1, -0.05) is 54.6 Å². The topological polar surface area (TPSA) is 60.2 Å². The van der Waals surface area contributed by atoms with Gasteiger partial charge in [0, 0.05) is 17.6 Å². The van der Waals surface area contributed by atoms with Crippen LogP contribution >= 0.6 is 0 Å². The van der Waals surface area contributed by atoms with E-state index in [0.717, 1.165) is 28.6 Å². The maximum absolute atomic E-state index is 10.0. The van der Waals surface area contributed by atoms with Gasteiger partial charge in [-0.2, -0.15) is 5.10 Å². The minimum atomic E-state index is -0.553. The summed E-state index contributed by atoms with van der Waals surface area (Å²) in [7, 11) is 0. The van der Waals surface area contributed by atoms with E-state index in [0.29, 0.717) is 12.5 Å². The Hall–Kier alpha value is -3.18. The van der Waals surface area contributed by atoms with Crippen molar-refractivity contribution in [3.8, 4) is 5.88 Å². The molecule has 4 aromatic rings. The molecule has 0 saturated carbocycles. The first-order valence-corrected chi connectivity index (χ1v) is 9.80. The third-order valence-corrected chi connectivity index (χ3v) is 5.47. The Balaban J connectivity index is 1.73.